The predicted molar refractivity (Wildman–Crippen MR) is 79.0 cm³/mol. The van der Waals surface area contributed by atoms with Crippen LogP contribution in [0.4, 0.5) is 0 Å². The quantitative estimate of drug-likeness (QED) is 0.588. The zero-order valence-electron chi connectivity index (χ0n) is 12.5. The Bertz CT molecular complexity index is 182. The Morgan fingerprint density at radius 3 is 2.56 bits per heavy atom. The predicted octanol–water partition coefficient (Wildman–Crippen LogP) is 4.28. The van der Waals surface area contributed by atoms with Crippen LogP contribution in [0.25, 0.3) is 0 Å². The highest BCUT2D eigenvalue weighted by Gasteiger charge is 2.20. The number of hydrogen-bond acceptors (Lipinski definition) is 2. The van der Waals surface area contributed by atoms with Gasteiger partial charge in [-0.15, -0.1) is 0 Å². The van der Waals surface area contributed by atoms with Crippen LogP contribution in [-0.2, 0) is 4.74 Å². The maximum absolute atomic E-state index is 5.78. The standard InChI is InChI=1S/C16H33NO/c1-3-5-6-7-8-9-12-17-15-11-13-18-16(14-15)10-4-2/h15-17H,3-14H2,1-2H3. The van der Waals surface area contributed by atoms with E-state index < -0.39 is 0 Å². The topological polar surface area (TPSA) is 21.3 Å². The summed E-state index contributed by atoms with van der Waals surface area (Å²) in [4.78, 5) is 0. The number of nitrogens with one attached hydrogen (secondary N) is 1. The molecule has 0 bridgehead atoms. The number of ether oxygens (including phenoxy) is 1. The third-order valence-electron chi connectivity index (χ3n) is 3.94. The van der Waals surface area contributed by atoms with Crippen LogP contribution in [0, 0.1) is 0 Å². The molecule has 0 aromatic carbocycles. The van der Waals surface area contributed by atoms with Gasteiger partial charge < -0.3 is 10.1 Å². The molecule has 0 aromatic heterocycles. The van der Waals surface area contributed by atoms with Gasteiger partial charge in [0.15, 0.2) is 0 Å². The first-order valence-corrected chi connectivity index (χ1v) is 8.21. The molecule has 1 fully saturated rings. The Hall–Kier alpha value is -0.0800. The van der Waals surface area contributed by atoms with Crippen molar-refractivity contribution in [3.8, 4) is 0 Å². The van der Waals surface area contributed by atoms with E-state index in [1.165, 1.54) is 70.8 Å². The van der Waals surface area contributed by atoms with Crippen LogP contribution in [0.3, 0.4) is 0 Å². The first kappa shape index (κ1) is 16.0. The largest absolute Gasteiger partial charge is 0.378 e. The Labute approximate surface area is 114 Å². The molecule has 108 valence electrons. The highest BCUT2D eigenvalue weighted by atomic mass is 16.5. The van der Waals surface area contributed by atoms with E-state index in [-0.39, 0.29) is 0 Å². The van der Waals surface area contributed by atoms with Crippen molar-refractivity contribution in [3.05, 3.63) is 0 Å². The minimum absolute atomic E-state index is 0.519. The molecule has 0 aliphatic carbocycles. The second kappa shape index (κ2) is 10.8. The van der Waals surface area contributed by atoms with E-state index in [1.54, 1.807) is 0 Å². The normalized spacial score (nSPS) is 24.3. The Kier molecular flexibility index (Phi) is 9.59. The van der Waals surface area contributed by atoms with Gasteiger partial charge in [-0.25, -0.2) is 0 Å². The molecule has 1 rings (SSSR count). The summed E-state index contributed by atoms with van der Waals surface area (Å²) in [6, 6.07) is 0.714. The highest BCUT2D eigenvalue weighted by molar-refractivity contribution is 4.76. The van der Waals surface area contributed by atoms with Gasteiger partial charge in [-0.3, -0.25) is 0 Å². The lowest BCUT2D eigenvalue weighted by molar-refractivity contribution is -0.00311. The summed E-state index contributed by atoms with van der Waals surface area (Å²) in [6.07, 6.45) is 13.8. The molecule has 1 saturated heterocycles. The maximum atomic E-state index is 5.78. The van der Waals surface area contributed by atoms with Gasteiger partial charge in [-0.1, -0.05) is 52.4 Å². The Morgan fingerprint density at radius 2 is 1.78 bits per heavy atom. The second-order valence-corrected chi connectivity index (χ2v) is 5.72. The third kappa shape index (κ3) is 7.38. The van der Waals surface area contributed by atoms with Crippen molar-refractivity contribution in [2.75, 3.05) is 13.2 Å². The van der Waals surface area contributed by atoms with Gasteiger partial charge >= 0.3 is 0 Å². The molecule has 2 nitrogen and oxygen atoms in total. The van der Waals surface area contributed by atoms with Gasteiger partial charge in [0.1, 0.15) is 0 Å². The van der Waals surface area contributed by atoms with E-state index >= 15 is 0 Å². The Balaban J connectivity index is 1.94. The van der Waals surface area contributed by atoms with Crippen LogP contribution in [0.1, 0.15) is 78.1 Å². The second-order valence-electron chi connectivity index (χ2n) is 5.72. The van der Waals surface area contributed by atoms with Crippen molar-refractivity contribution in [3.63, 3.8) is 0 Å². The molecule has 2 heteroatoms. The summed E-state index contributed by atoms with van der Waals surface area (Å²) in [5.41, 5.74) is 0. The molecular weight excluding hydrogens is 222 g/mol. The lowest BCUT2D eigenvalue weighted by Gasteiger charge is -2.30. The summed E-state index contributed by atoms with van der Waals surface area (Å²) < 4.78 is 5.78. The molecular formula is C16H33NO. The monoisotopic (exact) mass is 255 g/mol. The summed E-state index contributed by atoms with van der Waals surface area (Å²) in [6.45, 7) is 6.69. The fraction of sp³-hybridized carbons (Fsp3) is 1.00. The first-order chi connectivity index (χ1) is 8.86. The van der Waals surface area contributed by atoms with E-state index in [9.17, 15) is 0 Å². The van der Waals surface area contributed by atoms with Crippen LogP contribution >= 0.6 is 0 Å². The van der Waals surface area contributed by atoms with E-state index in [1.807, 2.05) is 0 Å². The molecule has 18 heavy (non-hydrogen) atoms. The maximum Gasteiger partial charge on any atom is 0.0589 e. The summed E-state index contributed by atoms with van der Waals surface area (Å²) in [7, 11) is 0. The third-order valence-corrected chi connectivity index (χ3v) is 3.94. The van der Waals surface area contributed by atoms with Gasteiger partial charge in [0.2, 0.25) is 0 Å². The molecule has 1 aliphatic heterocycles. The van der Waals surface area contributed by atoms with Gasteiger partial charge in [0.05, 0.1) is 6.10 Å². The average molecular weight is 255 g/mol. The van der Waals surface area contributed by atoms with Crippen molar-refractivity contribution >= 4 is 0 Å². The molecule has 1 aliphatic rings. The summed E-state index contributed by atoms with van der Waals surface area (Å²) >= 11 is 0. The van der Waals surface area contributed by atoms with Crippen LogP contribution in [-0.4, -0.2) is 25.3 Å². The number of unbranched alkanes of at least 4 members (excludes halogenated alkanes) is 5. The van der Waals surface area contributed by atoms with Crippen molar-refractivity contribution in [1.82, 2.24) is 5.32 Å². The smallest absolute Gasteiger partial charge is 0.0589 e. The zero-order chi connectivity index (χ0) is 13.1. The molecule has 1 heterocycles. The minimum Gasteiger partial charge on any atom is -0.378 e. The molecule has 0 radical (unpaired) electrons. The van der Waals surface area contributed by atoms with E-state index in [0.717, 1.165) is 6.61 Å². The van der Waals surface area contributed by atoms with Gasteiger partial charge in [0.25, 0.3) is 0 Å². The number of rotatable bonds is 10. The van der Waals surface area contributed by atoms with Crippen molar-refractivity contribution in [2.24, 2.45) is 0 Å². The van der Waals surface area contributed by atoms with Crippen LogP contribution < -0.4 is 5.32 Å². The average Bonchev–Trinajstić information content (AvgIpc) is 2.39. The highest BCUT2D eigenvalue weighted by Crippen LogP contribution is 2.17. The van der Waals surface area contributed by atoms with Gasteiger partial charge in [-0.05, 0) is 32.2 Å². The fourth-order valence-corrected chi connectivity index (χ4v) is 2.80. The first-order valence-electron chi connectivity index (χ1n) is 8.21. The van der Waals surface area contributed by atoms with Gasteiger partial charge in [0, 0.05) is 12.6 Å². The fourth-order valence-electron chi connectivity index (χ4n) is 2.80. The van der Waals surface area contributed by atoms with Crippen LogP contribution in [0.2, 0.25) is 0 Å². The molecule has 2 atom stereocenters. The SMILES string of the molecule is CCCCCCCCNC1CCOC(CCC)C1. The molecule has 0 saturated carbocycles. The molecule has 0 aromatic rings. The molecule has 0 amide bonds. The van der Waals surface area contributed by atoms with E-state index in [4.69, 9.17) is 4.74 Å². The van der Waals surface area contributed by atoms with Gasteiger partial charge in [-0.2, -0.15) is 0 Å². The zero-order valence-corrected chi connectivity index (χ0v) is 12.5. The van der Waals surface area contributed by atoms with E-state index in [2.05, 4.69) is 19.2 Å². The molecule has 1 N–H and O–H groups in total. The molecule has 0 spiro atoms. The van der Waals surface area contributed by atoms with Crippen LogP contribution in [0.5, 0.6) is 0 Å². The minimum atomic E-state index is 0.519. The Morgan fingerprint density at radius 1 is 1.00 bits per heavy atom. The van der Waals surface area contributed by atoms with Crippen LogP contribution in [0.15, 0.2) is 0 Å². The van der Waals surface area contributed by atoms with E-state index in [0.29, 0.717) is 12.1 Å². The van der Waals surface area contributed by atoms with Crippen molar-refractivity contribution < 1.29 is 4.74 Å². The van der Waals surface area contributed by atoms with Crippen molar-refractivity contribution in [2.45, 2.75) is 90.2 Å². The summed E-state index contributed by atoms with van der Waals surface area (Å²) in [5, 5.41) is 3.72. The number of hydrogen-bond donors (Lipinski definition) is 1. The summed E-state index contributed by atoms with van der Waals surface area (Å²) in [5.74, 6) is 0. The lowest BCUT2D eigenvalue weighted by Crippen LogP contribution is -2.39. The lowest BCUT2D eigenvalue weighted by atomic mass is 10.00. The molecule has 2 unspecified atom stereocenters. The van der Waals surface area contributed by atoms with Crippen molar-refractivity contribution in [1.29, 1.82) is 0 Å².